The fourth-order valence-electron chi connectivity index (χ4n) is 1.91. The second-order valence-electron chi connectivity index (χ2n) is 4.56. The zero-order chi connectivity index (χ0) is 15.8. The summed E-state index contributed by atoms with van der Waals surface area (Å²) in [4.78, 5) is 11.8. The second-order valence-corrected chi connectivity index (χ2v) is 5.66. The Hall–Kier alpha value is -2.32. The highest BCUT2D eigenvalue weighted by atomic mass is 32.2. The van der Waals surface area contributed by atoms with E-state index in [1.165, 1.54) is 12.1 Å². The van der Waals surface area contributed by atoms with E-state index in [1.807, 2.05) is 18.2 Å². The maximum absolute atomic E-state index is 13.4. The van der Waals surface area contributed by atoms with Crippen molar-refractivity contribution in [2.45, 2.75) is 5.75 Å². The van der Waals surface area contributed by atoms with Crippen LogP contribution in [0.15, 0.2) is 48.5 Å². The van der Waals surface area contributed by atoms with Gasteiger partial charge >= 0.3 is 0 Å². The van der Waals surface area contributed by atoms with E-state index in [-0.39, 0.29) is 5.56 Å². The number of amides is 1. The van der Waals surface area contributed by atoms with Crippen LogP contribution < -0.4 is 5.32 Å². The Morgan fingerprint density at radius 2 is 1.91 bits per heavy atom. The van der Waals surface area contributed by atoms with Crippen LogP contribution in [0.1, 0.15) is 21.5 Å². The van der Waals surface area contributed by atoms with Crippen molar-refractivity contribution in [2.24, 2.45) is 0 Å². The van der Waals surface area contributed by atoms with Crippen LogP contribution in [0.25, 0.3) is 0 Å². The van der Waals surface area contributed by atoms with Crippen LogP contribution >= 0.6 is 11.8 Å². The Morgan fingerprint density at radius 3 is 2.68 bits per heavy atom. The van der Waals surface area contributed by atoms with E-state index in [2.05, 4.69) is 11.4 Å². The van der Waals surface area contributed by atoms with Crippen LogP contribution in [-0.4, -0.2) is 18.2 Å². The molecule has 0 unspecified atom stereocenters. The minimum absolute atomic E-state index is 0.0577. The third-order valence-electron chi connectivity index (χ3n) is 3.05. The molecule has 5 heteroatoms. The number of nitrogens with zero attached hydrogens (tertiary/aromatic N) is 1. The zero-order valence-electron chi connectivity index (χ0n) is 11.9. The standard InChI is InChI=1S/C17H15FN2OS/c18-16-8-4-3-7-15(16)17(21)20-9-10-22-12-14-6-2-1-5-13(14)11-19/h1-8H,9-10,12H2,(H,20,21). The van der Waals surface area contributed by atoms with E-state index < -0.39 is 11.7 Å². The van der Waals surface area contributed by atoms with E-state index in [1.54, 1.807) is 30.0 Å². The normalized spacial score (nSPS) is 10.0. The molecule has 3 nitrogen and oxygen atoms in total. The predicted octanol–water partition coefficient (Wildman–Crippen LogP) is 3.36. The van der Waals surface area contributed by atoms with Crippen molar-refractivity contribution in [3.8, 4) is 6.07 Å². The van der Waals surface area contributed by atoms with Crippen molar-refractivity contribution < 1.29 is 9.18 Å². The van der Waals surface area contributed by atoms with Gasteiger partial charge in [-0.15, -0.1) is 0 Å². The summed E-state index contributed by atoms with van der Waals surface area (Å²) in [6, 6.07) is 15.5. The monoisotopic (exact) mass is 314 g/mol. The molecule has 2 aromatic rings. The van der Waals surface area contributed by atoms with Gasteiger partial charge in [-0.05, 0) is 23.8 Å². The lowest BCUT2D eigenvalue weighted by atomic mass is 10.1. The fraction of sp³-hybridized carbons (Fsp3) is 0.176. The Morgan fingerprint density at radius 1 is 1.18 bits per heavy atom. The number of carbonyl (C=O) groups is 1. The fourth-order valence-corrected chi connectivity index (χ4v) is 2.78. The summed E-state index contributed by atoms with van der Waals surface area (Å²) in [6.07, 6.45) is 0. The molecule has 0 aromatic heterocycles. The molecule has 0 spiro atoms. The number of rotatable bonds is 6. The average molecular weight is 314 g/mol. The Labute approximate surface area is 133 Å². The Kier molecular flexibility index (Phi) is 5.99. The quantitative estimate of drug-likeness (QED) is 0.832. The van der Waals surface area contributed by atoms with Gasteiger partial charge < -0.3 is 5.32 Å². The molecule has 0 bridgehead atoms. The zero-order valence-corrected chi connectivity index (χ0v) is 12.7. The first kappa shape index (κ1) is 16.1. The minimum Gasteiger partial charge on any atom is -0.351 e. The molecule has 1 amide bonds. The van der Waals surface area contributed by atoms with Crippen molar-refractivity contribution in [1.82, 2.24) is 5.32 Å². The number of carbonyl (C=O) groups excluding carboxylic acids is 1. The highest BCUT2D eigenvalue weighted by Gasteiger charge is 2.09. The minimum atomic E-state index is -0.518. The van der Waals surface area contributed by atoms with E-state index in [4.69, 9.17) is 5.26 Å². The third-order valence-corrected chi connectivity index (χ3v) is 4.05. The lowest BCUT2D eigenvalue weighted by molar-refractivity contribution is 0.0952. The van der Waals surface area contributed by atoms with Crippen LogP contribution in [-0.2, 0) is 5.75 Å². The summed E-state index contributed by atoms with van der Waals surface area (Å²) in [7, 11) is 0. The summed E-state index contributed by atoms with van der Waals surface area (Å²) in [6.45, 7) is 0.451. The topological polar surface area (TPSA) is 52.9 Å². The Bertz CT molecular complexity index is 697. The summed E-state index contributed by atoms with van der Waals surface area (Å²) in [5.41, 5.74) is 1.71. The molecule has 0 saturated carbocycles. The molecule has 0 aliphatic carbocycles. The van der Waals surface area contributed by atoms with E-state index in [0.717, 1.165) is 5.56 Å². The van der Waals surface area contributed by atoms with Crippen molar-refractivity contribution in [3.05, 3.63) is 71.0 Å². The molecule has 112 valence electrons. The van der Waals surface area contributed by atoms with Gasteiger partial charge in [0.1, 0.15) is 5.82 Å². The van der Waals surface area contributed by atoms with Crippen molar-refractivity contribution in [1.29, 1.82) is 5.26 Å². The van der Waals surface area contributed by atoms with Crippen molar-refractivity contribution >= 4 is 17.7 Å². The van der Waals surface area contributed by atoms with E-state index in [9.17, 15) is 9.18 Å². The lowest BCUT2D eigenvalue weighted by Crippen LogP contribution is -2.26. The second kappa shape index (κ2) is 8.20. The summed E-state index contributed by atoms with van der Waals surface area (Å²) in [5.74, 6) is 0.478. The molecular formula is C17H15FN2OS. The van der Waals surface area contributed by atoms with E-state index in [0.29, 0.717) is 23.6 Å². The van der Waals surface area contributed by atoms with Gasteiger partial charge in [0.2, 0.25) is 0 Å². The predicted molar refractivity (Wildman–Crippen MR) is 86.1 cm³/mol. The smallest absolute Gasteiger partial charge is 0.254 e. The number of hydrogen-bond donors (Lipinski definition) is 1. The highest BCUT2D eigenvalue weighted by molar-refractivity contribution is 7.98. The number of hydrogen-bond acceptors (Lipinski definition) is 3. The summed E-state index contributed by atoms with van der Waals surface area (Å²) < 4.78 is 13.4. The highest BCUT2D eigenvalue weighted by Crippen LogP contribution is 2.15. The molecule has 0 radical (unpaired) electrons. The molecule has 22 heavy (non-hydrogen) atoms. The number of thioether (sulfide) groups is 1. The largest absolute Gasteiger partial charge is 0.351 e. The van der Waals surface area contributed by atoms with Crippen molar-refractivity contribution in [3.63, 3.8) is 0 Å². The van der Waals surface area contributed by atoms with Gasteiger partial charge in [-0.3, -0.25) is 4.79 Å². The van der Waals surface area contributed by atoms with Crippen LogP contribution in [0.4, 0.5) is 4.39 Å². The molecule has 0 atom stereocenters. The summed E-state index contributed by atoms with van der Waals surface area (Å²) in [5, 5.41) is 11.7. The summed E-state index contributed by atoms with van der Waals surface area (Å²) >= 11 is 1.62. The molecule has 0 aliphatic heterocycles. The molecule has 1 N–H and O–H groups in total. The van der Waals surface area contributed by atoms with Gasteiger partial charge in [0.05, 0.1) is 17.2 Å². The van der Waals surface area contributed by atoms with Crippen molar-refractivity contribution in [2.75, 3.05) is 12.3 Å². The number of nitriles is 1. The van der Waals surface area contributed by atoms with Gasteiger partial charge in [0, 0.05) is 18.1 Å². The molecular weight excluding hydrogens is 299 g/mol. The molecule has 0 aliphatic rings. The average Bonchev–Trinajstić information content (AvgIpc) is 2.55. The van der Waals surface area contributed by atoms with Gasteiger partial charge in [-0.1, -0.05) is 30.3 Å². The Balaban J connectivity index is 1.75. The van der Waals surface area contributed by atoms with E-state index >= 15 is 0 Å². The maximum Gasteiger partial charge on any atom is 0.254 e. The maximum atomic E-state index is 13.4. The number of benzene rings is 2. The van der Waals surface area contributed by atoms with Crippen LogP contribution in [0.3, 0.4) is 0 Å². The van der Waals surface area contributed by atoms with Crippen LogP contribution in [0.5, 0.6) is 0 Å². The lowest BCUT2D eigenvalue weighted by Gasteiger charge is -2.07. The molecule has 2 rings (SSSR count). The first-order valence-electron chi connectivity index (χ1n) is 6.81. The molecule has 2 aromatic carbocycles. The SMILES string of the molecule is N#Cc1ccccc1CSCCNC(=O)c1ccccc1F. The van der Waals surface area contributed by atoms with Gasteiger partial charge in [0.15, 0.2) is 0 Å². The van der Waals surface area contributed by atoms with Gasteiger partial charge in [-0.2, -0.15) is 17.0 Å². The number of nitrogens with one attached hydrogen (secondary N) is 1. The third kappa shape index (κ3) is 4.34. The molecule has 0 heterocycles. The van der Waals surface area contributed by atoms with Gasteiger partial charge in [-0.25, -0.2) is 4.39 Å². The van der Waals surface area contributed by atoms with Crippen LogP contribution in [0.2, 0.25) is 0 Å². The first-order valence-corrected chi connectivity index (χ1v) is 7.96. The first-order chi connectivity index (χ1) is 10.7. The molecule has 0 saturated heterocycles. The molecule has 0 fully saturated rings. The van der Waals surface area contributed by atoms with Gasteiger partial charge in [0.25, 0.3) is 5.91 Å². The number of halogens is 1. The van der Waals surface area contributed by atoms with Crippen LogP contribution in [0, 0.1) is 17.1 Å².